The maximum atomic E-state index is 13.6. The van der Waals surface area contributed by atoms with Crippen LogP contribution < -0.4 is 20.9 Å². The average Bonchev–Trinajstić information content (AvgIpc) is 3.02. The van der Waals surface area contributed by atoms with E-state index in [1.165, 1.54) is 22.0 Å². The number of piperidine rings is 1. The lowest BCUT2D eigenvalue weighted by Crippen LogP contribution is -2.45. The largest absolute Gasteiger partial charge is 0.497 e. The summed E-state index contributed by atoms with van der Waals surface area (Å²) >= 11 is 7.54. The maximum Gasteiger partial charge on any atom is 0.274 e. The second-order valence-electron chi connectivity index (χ2n) is 10.5. The van der Waals surface area contributed by atoms with Gasteiger partial charge in [0, 0.05) is 39.9 Å². The van der Waals surface area contributed by atoms with E-state index in [4.69, 9.17) is 16.3 Å². The number of nitrogens with zero attached hydrogens (tertiary/aromatic N) is 2. The van der Waals surface area contributed by atoms with E-state index in [1.807, 2.05) is 79.7 Å². The Hall–Kier alpha value is -3.59. The van der Waals surface area contributed by atoms with Crippen LogP contribution in [0.4, 0.5) is 0 Å². The van der Waals surface area contributed by atoms with Crippen LogP contribution in [-0.2, 0) is 11.2 Å². The van der Waals surface area contributed by atoms with Crippen molar-refractivity contribution in [3.63, 3.8) is 0 Å². The van der Waals surface area contributed by atoms with E-state index in [-0.39, 0.29) is 29.3 Å². The Morgan fingerprint density at radius 2 is 1.86 bits per heavy atom. The van der Waals surface area contributed by atoms with Gasteiger partial charge in [-0.25, -0.2) is 0 Å². The van der Waals surface area contributed by atoms with Crippen molar-refractivity contribution in [1.82, 2.24) is 20.4 Å². The molecule has 9 heteroatoms. The molecule has 0 saturated carbocycles. The summed E-state index contributed by atoms with van der Waals surface area (Å²) in [6.07, 6.45) is 1.92. The number of ether oxygens (including phenoxy) is 1. The molecule has 1 fully saturated rings. The summed E-state index contributed by atoms with van der Waals surface area (Å²) in [4.78, 5) is 28.0. The van der Waals surface area contributed by atoms with Crippen molar-refractivity contribution in [2.24, 2.45) is 5.92 Å². The quantitative estimate of drug-likeness (QED) is 0.236. The number of aryl methyl sites for hydroxylation is 1. The average molecular weight is 603 g/mol. The smallest absolute Gasteiger partial charge is 0.274 e. The van der Waals surface area contributed by atoms with Crippen LogP contribution in [0.3, 0.4) is 0 Å². The maximum absolute atomic E-state index is 13.6. The predicted molar refractivity (Wildman–Crippen MR) is 168 cm³/mol. The van der Waals surface area contributed by atoms with Crippen molar-refractivity contribution in [3.05, 3.63) is 111 Å². The summed E-state index contributed by atoms with van der Waals surface area (Å²) in [5.74, 6) is 0.817. The molecule has 3 atom stereocenters. The van der Waals surface area contributed by atoms with E-state index >= 15 is 0 Å². The van der Waals surface area contributed by atoms with Crippen LogP contribution in [0, 0.1) is 5.92 Å². The highest BCUT2D eigenvalue weighted by Crippen LogP contribution is 2.30. The SMILES string of the molecule is COc1ccc(-n2nc(Sc3ccc(Cl)cc3)cc(CCC(C)NC(=O)[C@H]3CCNC[C@@H]3c3ccccc3)c2=O)cc1. The zero-order chi connectivity index (χ0) is 29.5. The minimum atomic E-state index is -0.179. The van der Waals surface area contributed by atoms with Gasteiger partial charge in [-0.05, 0) is 92.9 Å². The highest BCUT2D eigenvalue weighted by atomic mass is 35.5. The van der Waals surface area contributed by atoms with Crippen LogP contribution in [0.5, 0.6) is 5.75 Å². The Morgan fingerprint density at radius 1 is 1.12 bits per heavy atom. The molecule has 0 radical (unpaired) electrons. The van der Waals surface area contributed by atoms with Gasteiger partial charge in [0.2, 0.25) is 5.91 Å². The Morgan fingerprint density at radius 3 is 2.57 bits per heavy atom. The van der Waals surface area contributed by atoms with Crippen LogP contribution in [0.2, 0.25) is 5.02 Å². The van der Waals surface area contributed by atoms with Gasteiger partial charge >= 0.3 is 0 Å². The fourth-order valence-electron chi connectivity index (χ4n) is 5.29. The summed E-state index contributed by atoms with van der Waals surface area (Å²) in [7, 11) is 1.60. The van der Waals surface area contributed by atoms with Crippen molar-refractivity contribution >= 4 is 29.3 Å². The van der Waals surface area contributed by atoms with Crippen LogP contribution in [-0.4, -0.2) is 41.9 Å². The first-order chi connectivity index (χ1) is 20.4. The highest BCUT2D eigenvalue weighted by molar-refractivity contribution is 7.99. The van der Waals surface area contributed by atoms with Crippen LogP contribution in [0.1, 0.15) is 36.8 Å². The van der Waals surface area contributed by atoms with Gasteiger partial charge in [-0.15, -0.1) is 0 Å². The summed E-state index contributed by atoms with van der Waals surface area (Å²) in [6, 6.07) is 26.8. The highest BCUT2D eigenvalue weighted by Gasteiger charge is 2.32. The van der Waals surface area contributed by atoms with Crippen LogP contribution in [0.25, 0.3) is 5.69 Å². The molecule has 1 aliphatic heterocycles. The number of hydrogen-bond acceptors (Lipinski definition) is 6. The number of carbonyl (C=O) groups is 1. The Kier molecular flexibility index (Phi) is 10.00. The zero-order valence-electron chi connectivity index (χ0n) is 23.8. The molecule has 218 valence electrons. The van der Waals surface area contributed by atoms with Gasteiger partial charge in [0.15, 0.2) is 0 Å². The molecule has 0 spiro atoms. The third-order valence-electron chi connectivity index (χ3n) is 7.60. The number of aromatic nitrogens is 2. The first-order valence-electron chi connectivity index (χ1n) is 14.2. The molecule has 7 nitrogen and oxygen atoms in total. The lowest BCUT2D eigenvalue weighted by atomic mass is 9.80. The normalized spacial score (nSPS) is 17.4. The fraction of sp³-hybridized carbons (Fsp3) is 0.303. The van der Waals surface area contributed by atoms with E-state index in [0.29, 0.717) is 39.9 Å². The third kappa shape index (κ3) is 7.43. The number of amides is 1. The molecule has 4 aromatic rings. The molecule has 2 N–H and O–H groups in total. The summed E-state index contributed by atoms with van der Waals surface area (Å²) in [5, 5.41) is 12.7. The first-order valence-corrected chi connectivity index (χ1v) is 15.4. The van der Waals surface area contributed by atoms with Crippen molar-refractivity contribution in [2.75, 3.05) is 20.2 Å². The number of nitrogens with one attached hydrogen (secondary N) is 2. The topological polar surface area (TPSA) is 85.2 Å². The van der Waals surface area contributed by atoms with Gasteiger partial charge in [-0.1, -0.05) is 53.7 Å². The van der Waals surface area contributed by atoms with Crippen molar-refractivity contribution in [3.8, 4) is 11.4 Å². The van der Waals surface area contributed by atoms with Crippen molar-refractivity contribution in [2.45, 2.75) is 48.1 Å². The molecule has 1 saturated heterocycles. The lowest BCUT2D eigenvalue weighted by molar-refractivity contribution is -0.127. The van der Waals surface area contributed by atoms with Crippen molar-refractivity contribution < 1.29 is 9.53 Å². The minimum Gasteiger partial charge on any atom is -0.497 e. The fourth-order valence-corrected chi connectivity index (χ4v) is 6.25. The van der Waals surface area contributed by atoms with Crippen LogP contribution >= 0.6 is 23.4 Å². The molecule has 1 aliphatic rings. The number of rotatable bonds is 10. The molecular weight excluding hydrogens is 568 g/mol. The van der Waals surface area contributed by atoms with E-state index in [9.17, 15) is 9.59 Å². The predicted octanol–water partition coefficient (Wildman–Crippen LogP) is 5.88. The van der Waals surface area contributed by atoms with Crippen LogP contribution in [0.15, 0.2) is 99.6 Å². The molecule has 1 aromatic heterocycles. The number of carbonyl (C=O) groups excluding carboxylic acids is 1. The molecule has 1 amide bonds. The van der Waals surface area contributed by atoms with E-state index < -0.39 is 0 Å². The summed E-state index contributed by atoms with van der Waals surface area (Å²) in [6.45, 7) is 3.61. The molecule has 3 aromatic carbocycles. The summed E-state index contributed by atoms with van der Waals surface area (Å²) in [5.41, 5.74) is 2.29. The van der Waals surface area contributed by atoms with Gasteiger partial charge in [-0.3, -0.25) is 9.59 Å². The second-order valence-corrected chi connectivity index (χ2v) is 12.1. The summed E-state index contributed by atoms with van der Waals surface area (Å²) < 4.78 is 6.72. The van der Waals surface area contributed by atoms with Crippen molar-refractivity contribution in [1.29, 1.82) is 0 Å². The molecule has 1 unspecified atom stereocenters. The standard InChI is InChI=1S/C33H35ClN4O3S/c1-22(36-32(39)29-18-19-35-21-30(29)23-6-4-3-5-7-23)8-9-24-20-31(42-28-16-10-25(34)11-17-28)37-38(33(24)40)26-12-14-27(41-2)15-13-26/h3-7,10-17,20,22,29-30,35H,8-9,18-19,21H2,1-2H3,(H,36,39)/t22?,29-,30+/m0/s1. The van der Waals surface area contributed by atoms with Gasteiger partial charge in [0.25, 0.3) is 5.56 Å². The number of hydrogen-bond donors (Lipinski definition) is 2. The number of halogens is 1. The van der Waals surface area contributed by atoms with E-state index in [1.54, 1.807) is 7.11 Å². The molecule has 0 bridgehead atoms. The minimum absolute atomic E-state index is 0.0715. The van der Waals surface area contributed by atoms with Gasteiger partial charge in [0.05, 0.1) is 12.8 Å². The van der Waals surface area contributed by atoms with Gasteiger partial charge < -0.3 is 15.4 Å². The van der Waals surface area contributed by atoms with Gasteiger partial charge in [-0.2, -0.15) is 9.78 Å². The van der Waals surface area contributed by atoms with E-state index in [0.717, 1.165) is 24.4 Å². The number of benzene rings is 3. The Bertz CT molecular complexity index is 1540. The molecule has 0 aliphatic carbocycles. The molecule has 42 heavy (non-hydrogen) atoms. The Labute approximate surface area is 255 Å². The molecule has 5 rings (SSSR count). The van der Waals surface area contributed by atoms with Gasteiger partial charge in [0.1, 0.15) is 10.8 Å². The first kappa shape index (κ1) is 29.9. The Balaban J connectivity index is 1.33. The monoisotopic (exact) mass is 602 g/mol. The molecule has 2 heterocycles. The lowest BCUT2D eigenvalue weighted by Gasteiger charge is -2.32. The van der Waals surface area contributed by atoms with E-state index in [2.05, 4.69) is 27.9 Å². The number of methoxy groups -OCH3 is 1. The second kappa shape index (κ2) is 14.1. The zero-order valence-corrected chi connectivity index (χ0v) is 25.3. The molecular formula is C33H35ClN4O3S. The third-order valence-corrected chi connectivity index (χ3v) is 8.77.